The van der Waals surface area contributed by atoms with Gasteiger partial charge in [0.1, 0.15) is 0 Å². The number of halogens is 1. The largest absolute Gasteiger partial charge is 0.377 e. The molecule has 1 aromatic heterocycles. The van der Waals surface area contributed by atoms with Crippen molar-refractivity contribution >= 4 is 29.9 Å². The molecule has 0 radical (unpaired) electrons. The normalized spacial score (nSPS) is 24.5. The average Bonchev–Trinajstić information content (AvgIpc) is 3.15. The molecule has 7 heteroatoms. The number of nitrogens with zero attached hydrogens (tertiary/aromatic N) is 4. The molecule has 25 heavy (non-hydrogen) atoms. The van der Waals surface area contributed by atoms with E-state index in [2.05, 4.69) is 44.0 Å². The van der Waals surface area contributed by atoms with Crippen molar-refractivity contribution in [2.75, 3.05) is 39.9 Å². The van der Waals surface area contributed by atoms with E-state index in [0.717, 1.165) is 51.6 Å². The highest BCUT2D eigenvalue weighted by molar-refractivity contribution is 14.0. The third-order valence-corrected chi connectivity index (χ3v) is 5.12. The number of nitrogens with one attached hydrogen (secondary N) is 1. The van der Waals surface area contributed by atoms with E-state index in [-0.39, 0.29) is 24.0 Å². The molecule has 0 aliphatic carbocycles. The van der Waals surface area contributed by atoms with Crippen LogP contribution in [0.15, 0.2) is 35.4 Å². The summed E-state index contributed by atoms with van der Waals surface area (Å²) in [5.74, 6) is 1.67. The number of imidazole rings is 1. The molecule has 1 saturated heterocycles. The summed E-state index contributed by atoms with van der Waals surface area (Å²) >= 11 is 0. The van der Waals surface area contributed by atoms with E-state index in [1.165, 1.54) is 12.0 Å². The van der Waals surface area contributed by atoms with Gasteiger partial charge in [-0.15, -0.1) is 24.0 Å². The smallest absolute Gasteiger partial charge is 0.193 e. The molecular formula is C18H30IN5O. The number of likely N-dealkylation sites (tertiary alicyclic amines) is 1. The third-order valence-electron chi connectivity index (χ3n) is 5.12. The zero-order valence-corrected chi connectivity index (χ0v) is 17.6. The molecule has 1 aromatic rings. The Balaban J connectivity index is 0.00000225. The van der Waals surface area contributed by atoms with Crippen LogP contribution in [0.3, 0.4) is 0 Å². The van der Waals surface area contributed by atoms with Crippen molar-refractivity contribution in [3.63, 3.8) is 0 Å². The van der Waals surface area contributed by atoms with Gasteiger partial charge in [0, 0.05) is 39.1 Å². The van der Waals surface area contributed by atoms with Crippen molar-refractivity contribution in [2.24, 2.45) is 10.9 Å². The topological polar surface area (TPSA) is 54.7 Å². The highest BCUT2D eigenvalue weighted by Gasteiger charge is 2.28. The molecule has 2 aliphatic rings. The van der Waals surface area contributed by atoms with Gasteiger partial charge in [0.2, 0.25) is 0 Å². The number of ether oxygens (including phenoxy) is 1. The Morgan fingerprint density at radius 1 is 1.48 bits per heavy atom. The lowest BCUT2D eigenvalue weighted by molar-refractivity contribution is 0.153. The molecule has 2 atom stereocenters. The fraction of sp³-hybridized carbons (Fsp3) is 0.667. The molecule has 0 amide bonds. The van der Waals surface area contributed by atoms with Crippen LogP contribution in [0.2, 0.25) is 0 Å². The first kappa shape index (κ1) is 20.2. The SMILES string of the molecule is CN=C(NCCC1=CCOCC1)N1CCC(C)C(n2ccnc2)C1.I. The van der Waals surface area contributed by atoms with Gasteiger partial charge in [-0.25, -0.2) is 4.98 Å². The summed E-state index contributed by atoms with van der Waals surface area (Å²) in [5, 5.41) is 3.54. The van der Waals surface area contributed by atoms with Crippen LogP contribution in [0.25, 0.3) is 0 Å². The van der Waals surface area contributed by atoms with Crippen LogP contribution in [0, 0.1) is 5.92 Å². The molecule has 0 spiro atoms. The quantitative estimate of drug-likeness (QED) is 0.326. The van der Waals surface area contributed by atoms with Crippen LogP contribution in [0.1, 0.15) is 32.2 Å². The summed E-state index contributed by atoms with van der Waals surface area (Å²) in [5.41, 5.74) is 1.49. The number of aliphatic imine (C=N–C) groups is 1. The van der Waals surface area contributed by atoms with Gasteiger partial charge >= 0.3 is 0 Å². The molecule has 2 aliphatic heterocycles. The van der Waals surface area contributed by atoms with Crippen LogP contribution < -0.4 is 5.32 Å². The fourth-order valence-electron chi connectivity index (χ4n) is 3.55. The van der Waals surface area contributed by atoms with Crippen molar-refractivity contribution < 1.29 is 4.74 Å². The molecule has 1 N–H and O–H groups in total. The zero-order valence-electron chi connectivity index (χ0n) is 15.2. The fourth-order valence-corrected chi connectivity index (χ4v) is 3.55. The lowest BCUT2D eigenvalue weighted by atomic mass is 9.93. The predicted octanol–water partition coefficient (Wildman–Crippen LogP) is 2.70. The number of guanidine groups is 1. The zero-order chi connectivity index (χ0) is 16.8. The van der Waals surface area contributed by atoms with Crippen molar-refractivity contribution in [1.29, 1.82) is 0 Å². The molecule has 0 aromatic carbocycles. The first-order valence-corrected chi connectivity index (χ1v) is 8.96. The van der Waals surface area contributed by atoms with Gasteiger partial charge in [0.15, 0.2) is 5.96 Å². The first-order chi connectivity index (χ1) is 11.8. The minimum absolute atomic E-state index is 0. The van der Waals surface area contributed by atoms with Gasteiger partial charge in [-0.2, -0.15) is 0 Å². The molecular weight excluding hydrogens is 429 g/mol. The van der Waals surface area contributed by atoms with E-state index in [0.29, 0.717) is 12.0 Å². The standard InChI is InChI=1S/C18H29N5O.HI/c1-15-4-9-22(13-17(15)23-10-8-20-14-23)18(19-2)21-7-3-16-5-11-24-12-6-16;/h5,8,10,14-15,17H,3-4,6-7,9,11-13H2,1-2H3,(H,19,21);1H. The number of hydrogen-bond donors (Lipinski definition) is 1. The molecule has 140 valence electrons. The second kappa shape index (κ2) is 10.2. The Bertz CT molecular complexity index is 572. The summed E-state index contributed by atoms with van der Waals surface area (Å²) in [6.45, 7) is 6.92. The van der Waals surface area contributed by atoms with Crippen LogP contribution in [-0.4, -0.2) is 60.3 Å². The van der Waals surface area contributed by atoms with Crippen molar-refractivity contribution in [1.82, 2.24) is 19.8 Å². The molecule has 1 fully saturated rings. The second-order valence-corrected chi connectivity index (χ2v) is 6.70. The van der Waals surface area contributed by atoms with Crippen LogP contribution in [-0.2, 0) is 4.74 Å². The summed E-state index contributed by atoms with van der Waals surface area (Å²) in [7, 11) is 1.88. The van der Waals surface area contributed by atoms with Gasteiger partial charge in [0.05, 0.1) is 25.6 Å². The Hall–Kier alpha value is -1.09. The number of aromatic nitrogens is 2. The van der Waals surface area contributed by atoms with Crippen LogP contribution >= 0.6 is 24.0 Å². The Morgan fingerprint density at radius 2 is 2.36 bits per heavy atom. The van der Waals surface area contributed by atoms with E-state index in [9.17, 15) is 0 Å². The van der Waals surface area contributed by atoms with Crippen molar-refractivity contribution in [3.05, 3.63) is 30.4 Å². The van der Waals surface area contributed by atoms with E-state index >= 15 is 0 Å². The predicted molar refractivity (Wildman–Crippen MR) is 112 cm³/mol. The maximum absolute atomic E-state index is 5.36. The lowest BCUT2D eigenvalue weighted by Gasteiger charge is -2.39. The summed E-state index contributed by atoms with van der Waals surface area (Å²) in [6, 6.07) is 0.456. The summed E-state index contributed by atoms with van der Waals surface area (Å²) < 4.78 is 7.60. The van der Waals surface area contributed by atoms with Gasteiger partial charge in [-0.1, -0.05) is 18.6 Å². The maximum Gasteiger partial charge on any atom is 0.193 e. The third kappa shape index (κ3) is 5.44. The minimum atomic E-state index is 0. The number of piperidine rings is 1. The molecule has 0 bridgehead atoms. The number of rotatable bonds is 4. The molecule has 0 saturated carbocycles. The molecule has 3 rings (SSSR count). The van der Waals surface area contributed by atoms with E-state index < -0.39 is 0 Å². The number of hydrogen-bond acceptors (Lipinski definition) is 3. The second-order valence-electron chi connectivity index (χ2n) is 6.70. The molecule has 3 heterocycles. The van der Waals surface area contributed by atoms with E-state index in [1.54, 1.807) is 0 Å². The highest BCUT2D eigenvalue weighted by Crippen LogP contribution is 2.27. The summed E-state index contributed by atoms with van der Waals surface area (Å²) in [6.07, 6.45) is 11.4. The maximum atomic E-state index is 5.36. The minimum Gasteiger partial charge on any atom is -0.377 e. The summed E-state index contributed by atoms with van der Waals surface area (Å²) in [4.78, 5) is 11.1. The molecule has 6 nitrogen and oxygen atoms in total. The Labute approximate surface area is 167 Å². The highest BCUT2D eigenvalue weighted by atomic mass is 127. The molecule has 2 unspecified atom stereocenters. The lowest BCUT2D eigenvalue weighted by Crippen LogP contribution is -2.49. The Morgan fingerprint density at radius 3 is 3.04 bits per heavy atom. The van der Waals surface area contributed by atoms with Gasteiger partial charge in [0.25, 0.3) is 0 Å². The Kier molecular flexibility index (Phi) is 8.21. The van der Waals surface area contributed by atoms with Gasteiger partial charge in [-0.3, -0.25) is 4.99 Å². The van der Waals surface area contributed by atoms with Crippen molar-refractivity contribution in [2.45, 2.75) is 32.2 Å². The monoisotopic (exact) mass is 459 g/mol. The van der Waals surface area contributed by atoms with E-state index in [1.807, 2.05) is 19.6 Å². The van der Waals surface area contributed by atoms with E-state index in [4.69, 9.17) is 4.74 Å². The van der Waals surface area contributed by atoms with Gasteiger partial charge < -0.3 is 19.5 Å². The average molecular weight is 459 g/mol. The van der Waals surface area contributed by atoms with Crippen LogP contribution in [0.5, 0.6) is 0 Å². The van der Waals surface area contributed by atoms with Crippen molar-refractivity contribution in [3.8, 4) is 0 Å². The van der Waals surface area contributed by atoms with Gasteiger partial charge in [-0.05, 0) is 25.2 Å². The van der Waals surface area contributed by atoms with Crippen LogP contribution in [0.4, 0.5) is 0 Å². The first-order valence-electron chi connectivity index (χ1n) is 8.96.